The van der Waals surface area contributed by atoms with Crippen molar-refractivity contribution in [3.05, 3.63) is 82.2 Å². The normalized spacial score (nSPS) is 17.7. The summed E-state index contributed by atoms with van der Waals surface area (Å²) in [6.45, 7) is 9.96. The molecular formula is C49H56BrN12O7P. The Labute approximate surface area is 413 Å². The summed E-state index contributed by atoms with van der Waals surface area (Å²) < 4.78 is 20.0. The van der Waals surface area contributed by atoms with Crippen LogP contribution in [0.5, 0.6) is 5.75 Å². The van der Waals surface area contributed by atoms with E-state index < -0.39 is 36.8 Å². The summed E-state index contributed by atoms with van der Waals surface area (Å²) in [7, 11) is -1.14. The number of fused-ring (bicyclic) bond motifs is 2. The van der Waals surface area contributed by atoms with E-state index in [0.717, 1.165) is 79.4 Å². The van der Waals surface area contributed by atoms with Crippen molar-refractivity contribution in [3.63, 3.8) is 0 Å². The molecule has 6 heterocycles. The third kappa shape index (κ3) is 10.2. The van der Waals surface area contributed by atoms with E-state index in [0.29, 0.717) is 75.5 Å². The standard InChI is InChI=1S/C49H56BrN12O7P/c1-5-29-22-37(57-49-55-25-34(50)45(59-49)56-36-10-9-35-43(54-19-17-52-35)44(36)70(3,4)68)40(69-2)24-39(29)60-20-14-30(15-21-60)51-16-18-53-41(63)12-6-28-26-61(27-28)31-7-8-32-33(23-31)48(67)62(47(32)66)38-11-13-42(64)58-46(38)65/h7-10,17,19,22-25,28,30,38,51H,5-6,11-16,18,20-21,26-27H2,1-4H3,(H,53,63)(H,58,64,65)(H2,55,56,57,59). The minimum absolute atomic E-state index is 0.0180. The fraction of sp³-hybridized carbons (Fsp3) is 0.408. The zero-order valence-corrected chi connectivity index (χ0v) is 42.0. The molecule has 4 aliphatic rings. The first-order valence-electron chi connectivity index (χ1n) is 23.6. The van der Waals surface area contributed by atoms with Crippen LogP contribution in [0.1, 0.15) is 71.7 Å². The Hall–Kier alpha value is -6.50. The number of imide groups is 2. The number of amides is 5. The Balaban J connectivity index is 0.715. The van der Waals surface area contributed by atoms with Gasteiger partial charge in [0.2, 0.25) is 23.7 Å². The highest BCUT2D eigenvalue weighted by molar-refractivity contribution is 9.10. The van der Waals surface area contributed by atoms with Gasteiger partial charge in [-0.25, -0.2) is 4.98 Å². The molecule has 2 aromatic heterocycles. The average molecular weight is 1040 g/mol. The number of carbonyl (C=O) groups excluding carboxylic acids is 5. The number of aromatic nitrogens is 4. The van der Waals surface area contributed by atoms with Crippen LogP contribution < -0.4 is 46.4 Å². The summed E-state index contributed by atoms with van der Waals surface area (Å²) in [6.07, 6.45) is 8.92. The summed E-state index contributed by atoms with van der Waals surface area (Å²) in [5.74, 6) is -0.253. The molecule has 0 spiro atoms. The second kappa shape index (κ2) is 20.5. The molecule has 3 fully saturated rings. The molecule has 5 N–H and O–H groups in total. The van der Waals surface area contributed by atoms with Crippen molar-refractivity contribution >= 4 is 103 Å². The maximum Gasteiger partial charge on any atom is 0.262 e. The summed E-state index contributed by atoms with van der Waals surface area (Å²) in [6, 6.07) is 12.3. The van der Waals surface area contributed by atoms with Crippen LogP contribution in [-0.4, -0.2) is 126 Å². The fourth-order valence-electron chi connectivity index (χ4n) is 9.73. The van der Waals surface area contributed by atoms with Gasteiger partial charge in [0.25, 0.3) is 11.8 Å². The van der Waals surface area contributed by atoms with E-state index in [1.165, 1.54) is 0 Å². The van der Waals surface area contributed by atoms with Gasteiger partial charge in [0.15, 0.2) is 0 Å². The summed E-state index contributed by atoms with van der Waals surface area (Å²) in [5, 5.41) is 16.2. The van der Waals surface area contributed by atoms with Crippen LogP contribution in [0.15, 0.2) is 65.5 Å². The molecule has 5 aromatic rings. The van der Waals surface area contributed by atoms with E-state index >= 15 is 0 Å². The van der Waals surface area contributed by atoms with Crippen LogP contribution in [-0.2, 0) is 25.4 Å². The predicted molar refractivity (Wildman–Crippen MR) is 272 cm³/mol. The van der Waals surface area contributed by atoms with E-state index in [4.69, 9.17) is 9.72 Å². The third-order valence-electron chi connectivity index (χ3n) is 13.4. The van der Waals surface area contributed by atoms with Crippen molar-refractivity contribution in [2.75, 3.05) is 80.1 Å². The van der Waals surface area contributed by atoms with Crippen LogP contribution in [0.4, 0.5) is 34.5 Å². The number of hydrogen-bond acceptors (Lipinski definition) is 16. The number of rotatable bonds is 17. The minimum Gasteiger partial charge on any atom is -0.494 e. The maximum absolute atomic E-state index is 13.5. The number of halogens is 1. The Morgan fingerprint density at radius 2 is 1.67 bits per heavy atom. The smallest absolute Gasteiger partial charge is 0.262 e. The lowest BCUT2D eigenvalue weighted by molar-refractivity contribution is -0.136. The Morgan fingerprint density at radius 1 is 0.900 bits per heavy atom. The number of nitrogens with zero attached hydrogens (tertiary/aromatic N) is 7. The summed E-state index contributed by atoms with van der Waals surface area (Å²) in [4.78, 5) is 86.8. The fourth-order valence-corrected chi connectivity index (χ4v) is 11.4. The number of nitrogens with one attached hydrogen (secondary N) is 5. The van der Waals surface area contributed by atoms with E-state index in [1.54, 1.807) is 51.2 Å². The number of benzene rings is 3. The topological polar surface area (TPSA) is 233 Å². The monoisotopic (exact) mass is 1030 g/mol. The van der Waals surface area contributed by atoms with Crippen molar-refractivity contribution < 1.29 is 33.3 Å². The number of aryl methyl sites for hydroxylation is 1. The highest BCUT2D eigenvalue weighted by atomic mass is 79.9. The van der Waals surface area contributed by atoms with E-state index in [1.807, 2.05) is 18.2 Å². The molecule has 21 heteroatoms. The molecule has 4 aliphatic heterocycles. The Morgan fingerprint density at radius 3 is 2.41 bits per heavy atom. The molecule has 1 unspecified atom stereocenters. The van der Waals surface area contributed by atoms with Gasteiger partial charge in [-0.05, 0) is 109 Å². The molecule has 366 valence electrons. The molecule has 9 rings (SSSR count). The van der Waals surface area contributed by atoms with Gasteiger partial charge in [0, 0.05) is 94.2 Å². The highest BCUT2D eigenvalue weighted by Crippen LogP contribution is 2.42. The van der Waals surface area contributed by atoms with Crippen LogP contribution in [0.2, 0.25) is 0 Å². The highest BCUT2D eigenvalue weighted by Gasteiger charge is 2.45. The van der Waals surface area contributed by atoms with Crippen molar-refractivity contribution in [2.45, 2.75) is 64.0 Å². The Kier molecular flexibility index (Phi) is 14.2. The molecule has 0 radical (unpaired) electrons. The third-order valence-corrected chi connectivity index (χ3v) is 15.5. The van der Waals surface area contributed by atoms with Gasteiger partial charge in [-0.15, -0.1) is 0 Å². The number of carbonyl (C=O) groups is 5. The van der Waals surface area contributed by atoms with Crippen LogP contribution in [0.25, 0.3) is 11.0 Å². The summed E-state index contributed by atoms with van der Waals surface area (Å²) in [5.41, 5.74) is 6.21. The molecule has 19 nitrogen and oxygen atoms in total. The lowest BCUT2D eigenvalue weighted by atomic mass is 9.93. The minimum atomic E-state index is -2.79. The van der Waals surface area contributed by atoms with Gasteiger partial charge in [0.05, 0.1) is 44.9 Å². The number of piperidine rings is 2. The van der Waals surface area contributed by atoms with E-state index in [2.05, 4.69) is 86.3 Å². The van der Waals surface area contributed by atoms with Crippen LogP contribution >= 0.6 is 23.1 Å². The molecule has 3 saturated heterocycles. The number of methoxy groups -OCH3 is 1. The lowest BCUT2D eigenvalue weighted by Crippen LogP contribution is -2.54. The van der Waals surface area contributed by atoms with Crippen LogP contribution in [0, 0.1) is 5.92 Å². The van der Waals surface area contributed by atoms with Gasteiger partial charge in [-0.3, -0.25) is 44.2 Å². The largest absolute Gasteiger partial charge is 0.494 e. The molecule has 1 atom stereocenters. The zero-order valence-electron chi connectivity index (χ0n) is 39.5. The van der Waals surface area contributed by atoms with Crippen molar-refractivity contribution in [2.24, 2.45) is 5.92 Å². The average Bonchev–Trinajstić information content (AvgIpc) is 3.57. The zero-order chi connectivity index (χ0) is 49.3. The van der Waals surface area contributed by atoms with Crippen molar-refractivity contribution in [3.8, 4) is 5.75 Å². The SMILES string of the molecule is CCc1cc(Nc2ncc(Br)c(Nc3ccc4nccnc4c3P(C)(C)=O)n2)c(OC)cc1N1CCC(NCCNC(=O)CCC2CN(c3ccc4c(c3)C(=O)N(C3CCC(=O)NC3=O)C4=O)C2)CC1. The first kappa shape index (κ1) is 48.5. The second-order valence-corrected chi connectivity index (χ2v) is 22.5. The number of ether oxygens (including phenoxy) is 1. The van der Waals surface area contributed by atoms with Crippen molar-refractivity contribution in [1.82, 2.24) is 40.8 Å². The number of hydrogen-bond donors (Lipinski definition) is 5. The lowest BCUT2D eigenvalue weighted by Gasteiger charge is -2.41. The van der Waals surface area contributed by atoms with Crippen molar-refractivity contribution in [1.29, 1.82) is 0 Å². The van der Waals surface area contributed by atoms with E-state index in [9.17, 15) is 28.5 Å². The first-order valence-corrected chi connectivity index (χ1v) is 27.0. The van der Waals surface area contributed by atoms with Gasteiger partial charge >= 0.3 is 0 Å². The predicted octanol–water partition coefficient (Wildman–Crippen LogP) is 5.48. The van der Waals surface area contributed by atoms with E-state index in [-0.39, 0.29) is 29.9 Å². The molecule has 0 bridgehead atoms. The Bertz CT molecular complexity index is 2940. The van der Waals surface area contributed by atoms with Crippen LogP contribution in [0.3, 0.4) is 0 Å². The summed E-state index contributed by atoms with van der Waals surface area (Å²) >= 11 is 3.58. The second-order valence-electron chi connectivity index (χ2n) is 18.5. The van der Waals surface area contributed by atoms with Gasteiger partial charge in [0.1, 0.15) is 30.3 Å². The molecule has 3 aromatic carbocycles. The molecule has 0 aliphatic carbocycles. The molecule has 0 saturated carbocycles. The molecular weight excluding hydrogens is 979 g/mol. The maximum atomic E-state index is 13.5. The first-order chi connectivity index (χ1) is 33.7. The molecule has 70 heavy (non-hydrogen) atoms. The molecule has 5 amide bonds. The number of anilines is 6. The van der Waals surface area contributed by atoms with Gasteiger partial charge in [-0.1, -0.05) is 6.92 Å². The van der Waals surface area contributed by atoms with Gasteiger partial charge in [-0.2, -0.15) is 4.98 Å². The van der Waals surface area contributed by atoms with Gasteiger partial charge < -0.3 is 40.4 Å². The quantitative estimate of drug-likeness (QED) is 0.0441.